The molecule has 2 rings (SSSR count). The molecule has 2 aromatic rings. The lowest BCUT2D eigenvalue weighted by atomic mass is 10.0. The van der Waals surface area contributed by atoms with E-state index < -0.39 is 6.10 Å². The largest absolute Gasteiger partial charge is 0.384 e. The van der Waals surface area contributed by atoms with Crippen molar-refractivity contribution in [2.24, 2.45) is 0 Å². The predicted molar refractivity (Wildman–Crippen MR) is 74.7 cm³/mol. The molecule has 1 nitrogen and oxygen atoms in total. The highest BCUT2D eigenvalue weighted by Crippen LogP contribution is 2.28. The quantitative estimate of drug-likeness (QED) is 0.835. The second-order valence-corrected chi connectivity index (χ2v) is 5.45. The summed E-state index contributed by atoms with van der Waals surface area (Å²) in [5.41, 5.74) is 1.47. The summed E-state index contributed by atoms with van der Waals surface area (Å²) in [7, 11) is 0. The lowest BCUT2D eigenvalue weighted by molar-refractivity contribution is 0.220. The molecule has 0 saturated heterocycles. The van der Waals surface area contributed by atoms with Gasteiger partial charge in [0.15, 0.2) is 0 Å². The molecular formula is C13H9BrCl2O. The molecule has 17 heavy (non-hydrogen) atoms. The van der Waals surface area contributed by atoms with Gasteiger partial charge in [-0.2, -0.15) is 0 Å². The molecule has 0 aromatic heterocycles. The van der Waals surface area contributed by atoms with Crippen molar-refractivity contribution in [2.75, 3.05) is 0 Å². The molecule has 0 fully saturated rings. The molecule has 0 saturated carbocycles. The van der Waals surface area contributed by atoms with Gasteiger partial charge in [0, 0.05) is 14.5 Å². The van der Waals surface area contributed by atoms with Crippen LogP contribution < -0.4 is 0 Å². The minimum Gasteiger partial charge on any atom is -0.384 e. The van der Waals surface area contributed by atoms with Crippen molar-refractivity contribution in [1.82, 2.24) is 0 Å². The molecule has 1 atom stereocenters. The second-order valence-electron chi connectivity index (χ2n) is 3.66. The number of hydrogen-bond donors (Lipinski definition) is 1. The molecule has 2 aromatic carbocycles. The van der Waals surface area contributed by atoms with Crippen LogP contribution in [0.25, 0.3) is 0 Å². The van der Waals surface area contributed by atoms with Crippen LogP contribution in [0.1, 0.15) is 17.2 Å². The maximum absolute atomic E-state index is 10.2. The van der Waals surface area contributed by atoms with Crippen LogP contribution in [0.3, 0.4) is 0 Å². The zero-order chi connectivity index (χ0) is 12.4. The van der Waals surface area contributed by atoms with Gasteiger partial charge in [0.1, 0.15) is 6.10 Å². The molecule has 0 bridgehead atoms. The predicted octanol–water partition coefficient (Wildman–Crippen LogP) is 4.84. The van der Waals surface area contributed by atoms with Crippen molar-refractivity contribution in [3.63, 3.8) is 0 Å². The summed E-state index contributed by atoms with van der Waals surface area (Å²) in [6.45, 7) is 0. The molecule has 0 aliphatic carbocycles. The topological polar surface area (TPSA) is 20.2 Å². The van der Waals surface area contributed by atoms with Gasteiger partial charge >= 0.3 is 0 Å². The average molecular weight is 332 g/mol. The Balaban J connectivity index is 2.39. The van der Waals surface area contributed by atoms with Crippen LogP contribution in [-0.4, -0.2) is 5.11 Å². The molecule has 0 aliphatic heterocycles. The Morgan fingerprint density at radius 1 is 0.941 bits per heavy atom. The first-order valence-corrected chi connectivity index (χ1v) is 6.50. The normalized spacial score (nSPS) is 12.5. The van der Waals surface area contributed by atoms with Gasteiger partial charge in [-0.1, -0.05) is 51.3 Å². The van der Waals surface area contributed by atoms with E-state index in [-0.39, 0.29) is 0 Å². The van der Waals surface area contributed by atoms with E-state index >= 15 is 0 Å². The fourth-order valence-electron chi connectivity index (χ4n) is 1.60. The number of benzene rings is 2. The highest BCUT2D eigenvalue weighted by atomic mass is 79.9. The average Bonchev–Trinajstić information content (AvgIpc) is 2.26. The minimum absolute atomic E-state index is 0.515. The van der Waals surface area contributed by atoms with Gasteiger partial charge in [-0.15, -0.1) is 0 Å². The van der Waals surface area contributed by atoms with Crippen LogP contribution in [0.4, 0.5) is 0 Å². The van der Waals surface area contributed by atoms with E-state index in [9.17, 15) is 5.11 Å². The van der Waals surface area contributed by atoms with E-state index in [4.69, 9.17) is 23.2 Å². The summed E-state index contributed by atoms with van der Waals surface area (Å²) in [6.07, 6.45) is -0.733. The first-order chi connectivity index (χ1) is 8.06. The van der Waals surface area contributed by atoms with Crippen LogP contribution in [0.15, 0.2) is 46.9 Å². The molecule has 0 amide bonds. The highest BCUT2D eigenvalue weighted by molar-refractivity contribution is 9.10. The SMILES string of the molecule is O[C@H](c1cc(Cl)cc(Cl)c1)c1cccc(Br)c1. The van der Waals surface area contributed by atoms with E-state index in [2.05, 4.69) is 15.9 Å². The minimum atomic E-state index is -0.733. The van der Waals surface area contributed by atoms with Gasteiger partial charge in [0.2, 0.25) is 0 Å². The monoisotopic (exact) mass is 330 g/mol. The van der Waals surface area contributed by atoms with Gasteiger partial charge in [-0.3, -0.25) is 0 Å². The maximum Gasteiger partial charge on any atom is 0.104 e. The van der Waals surface area contributed by atoms with E-state index in [1.165, 1.54) is 0 Å². The Hall–Kier alpha value is -0.540. The summed E-state index contributed by atoms with van der Waals surface area (Å²) in [5, 5.41) is 11.3. The fraction of sp³-hybridized carbons (Fsp3) is 0.0769. The van der Waals surface area contributed by atoms with Crippen molar-refractivity contribution >= 4 is 39.1 Å². The van der Waals surface area contributed by atoms with Crippen LogP contribution in [-0.2, 0) is 0 Å². The van der Waals surface area contributed by atoms with Gasteiger partial charge in [0.25, 0.3) is 0 Å². The fourth-order valence-corrected chi connectivity index (χ4v) is 2.56. The van der Waals surface area contributed by atoms with E-state index in [1.54, 1.807) is 18.2 Å². The molecule has 0 spiro atoms. The molecule has 88 valence electrons. The lowest BCUT2D eigenvalue weighted by Gasteiger charge is -2.12. The number of aliphatic hydroxyl groups excluding tert-OH is 1. The van der Waals surface area contributed by atoms with Crippen molar-refractivity contribution in [3.05, 3.63) is 68.1 Å². The molecule has 0 aliphatic rings. The Kier molecular flexibility index (Phi) is 4.10. The molecule has 0 radical (unpaired) electrons. The van der Waals surface area contributed by atoms with Gasteiger partial charge in [-0.05, 0) is 41.5 Å². The van der Waals surface area contributed by atoms with E-state index in [1.807, 2.05) is 24.3 Å². The molecule has 4 heteroatoms. The summed E-state index contributed by atoms with van der Waals surface area (Å²) < 4.78 is 0.919. The smallest absolute Gasteiger partial charge is 0.104 e. The number of rotatable bonds is 2. The highest BCUT2D eigenvalue weighted by Gasteiger charge is 2.12. The molecule has 0 unspecified atom stereocenters. The summed E-state index contributed by atoms with van der Waals surface area (Å²) in [6, 6.07) is 12.5. The standard InChI is InChI=1S/C13H9BrCl2O/c14-10-3-1-2-8(4-10)13(17)9-5-11(15)7-12(16)6-9/h1-7,13,17H/t13-/m0/s1. The van der Waals surface area contributed by atoms with Crippen molar-refractivity contribution in [1.29, 1.82) is 0 Å². The Morgan fingerprint density at radius 3 is 2.18 bits per heavy atom. The molecular weight excluding hydrogens is 323 g/mol. The number of hydrogen-bond acceptors (Lipinski definition) is 1. The van der Waals surface area contributed by atoms with Crippen molar-refractivity contribution < 1.29 is 5.11 Å². The van der Waals surface area contributed by atoms with Gasteiger partial charge in [0.05, 0.1) is 0 Å². The molecule has 1 N–H and O–H groups in total. The first-order valence-electron chi connectivity index (χ1n) is 4.96. The van der Waals surface area contributed by atoms with Crippen molar-refractivity contribution in [3.8, 4) is 0 Å². The Bertz CT molecular complexity index is 522. The maximum atomic E-state index is 10.2. The number of aliphatic hydroxyl groups is 1. The summed E-state index contributed by atoms with van der Waals surface area (Å²) in [4.78, 5) is 0. The Morgan fingerprint density at radius 2 is 1.59 bits per heavy atom. The molecule has 0 heterocycles. The summed E-state index contributed by atoms with van der Waals surface area (Å²) >= 11 is 15.2. The lowest BCUT2D eigenvalue weighted by Crippen LogP contribution is -1.99. The van der Waals surface area contributed by atoms with Gasteiger partial charge < -0.3 is 5.11 Å². The van der Waals surface area contributed by atoms with E-state index in [0.717, 1.165) is 10.0 Å². The number of halogens is 3. The first kappa shape index (κ1) is 12.9. The Labute approximate surface area is 118 Å². The van der Waals surface area contributed by atoms with Crippen LogP contribution in [0.5, 0.6) is 0 Å². The van der Waals surface area contributed by atoms with Gasteiger partial charge in [-0.25, -0.2) is 0 Å². The van der Waals surface area contributed by atoms with Crippen LogP contribution in [0, 0.1) is 0 Å². The summed E-state index contributed by atoms with van der Waals surface area (Å²) in [5.74, 6) is 0. The zero-order valence-electron chi connectivity index (χ0n) is 8.70. The zero-order valence-corrected chi connectivity index (χ0v) is 11.8. The van der Waals surface area contributed by atoms with Crippen molar-refractivity contribution in [2.45, 2.75) is 6.10 Å². The third-order valence-electron chi connectivity index (χ3n) is 2.37. The third-order valence-corrected chi connectivity index (χ3v) is 3.29. The van der Waals surface area contributed by atoms with Crippen LogP contribution in [0.2, 0.25) is 10.0 Å². The van der Waals surface area contributed by atoms with Crippen LogP contribution >= 0.6 is 39.1 Å². The van der Waals surface area contributed by atoms with E-state index in [0.29, 0.717) is 15.6 Å². The second kappa shape index (κ2) is 5.40. The third kappa shape index (κ3) is 3.23.